The predicted molar refractivity (Wildman–Crippen MR) is 134 cm³/mol. The molecule has 9 heteroatoms. The largest absolute Gasteiger partial charge is 0.427 e. The third-order valence-corrected chi connectivity index (χ3v) is 6.70. The van der Waals surface area contributed by atoms with Crippen LogP contribution in [0.1, 0.15) is 42.5 Å². The van der Waals surface area contributed by atoms with Gasteiger partial charge in [0.1, 0.15) is 6.54 Å². The zero-order valence-corrected chi connectivity index (χ0v) is 21.1. The Morgan fingerprint density at radius 2 is 1.92 bits per heavy atom. The van der Waals surface area contributed by atoms with Gasteiger partial charge >= 0.3 is 12.1 Å². The molecule has 0 aromatic heterocycles. The van der Waals surface area contributed by atoms with E-state index in [9.17, 15) is 19.2 Å². The minimum absolute atomic E-state index is 0.213. The van der Waals surface area contributed by atoms with Gasteiger partial charge < -0.3 is 20.3 Å². The Labute approximate surface area is 210 Å². The summed E-state index contributed by atoms with van der Waals surface area (Å²) in [7, 11) is 1.52. The zero-order valence-electron chi connectivity index (χ0n) is 21.1. The molecule has 0 bridgehead atoms. The highest BCUT2D eigenvalue weighted by Gasteiger charge is 2.58. The van der Waals surface area contributed by atoms with Crippen molar-refractivity contribution in [2.45, 2.75) is 45.8 Å². The SMILES string of the molecule is CNC(=O)Nc1ccc2c(c1)CCC21OC(=O)N(CC(=O)N(Cc2ccccc2C)CC(C)C)C1=O. The molecule has 1 fully saturated rings. The van der Waals surface area contributed by atoms with Gasteiger partial charge in [0.05, 0.1) is 0 Å². The normalized spacial score (nSPS) is 18.4. The van der Waals surface area contributed by atoms with E-state index >= 15 is 0 Å². The second-order valence-electron chi connectivity index (χ2n) is 9.76. The van der Waals surface area contributed by atoms with Gasteiger partial charge in [-0.05, 0) is 48.1 Å². The van der Waals surface area contributed by atoms with Crippen molar-refractivity contribution in [3.05, 3.63) is 64.7 Å². The van der Waals surface area contributed by atoms with Crippen LogP contribution in [0.25, 0.3) is 0 Å². The van der Waals surface area contributed by atoms with Crippen molar-refractivity contribution in [3.8, 4) is 0 Å². The van der Waals surface area contributed by atoms with Crippen molar-refractivity contribution < 1.29 is 23.9 Å². The molecule has 5 amide bonds. The van der Waals surface area contributed by atoms with Crippen LogP contribution in [-0.4, -0.2) is 53.9 Å². The molecule has 4 rings (SSSR count). The van der Waals surface area contributed by atoms with E-state index in [0.717, 1.165) is 21.6 Å². The molecular weight excluding hydrogens is 460 g/mol. The lowest BCUT2D eigenvalue weighted by Gasteiger charge is -2.27. The summed E-state index contributed by atoms with van der Waals surface area (Å²) in [6, 6.07) is 12.6. The molecule has 1 spiro atoms. The number of rotatable bonds is 7. The fourth-order valence-electron chi connectivity index (χ4n) is 4.85. The van der Waals surface area contributed by atoms with Crippen LogP contribution in [0.3, 0.4) is 0 Å². The van der Waals surface area contributed by atoms with E-state index in [0.29, 0.717) is 37.2 Å². The average molecular weight is 493 g/mol. The van der Waals surface area contributed by atoms with Gasteiger partial charge in [-0.25, -0.2) is 14.5 Å². The maximum atomic E-state index is 13.5. The highest BCUT2D eigenvalue weighted by molar-refractivity contribution is 6.06. The van der Waals surface area contributed by atoms with Crippen LogP contribution >= 0.6 is 0 Å². The van der Waals surface area contributed by atoms with Gasteiger partial charge in [0.15, 0.2) is 0 Å². The summed E-state index contributed by atoms with van der Waals surface area (Å²) in [5.41, 5.74) is 2.65. The Bertz CT molecular complexity index is 1210. The number of nitrogens with one attached hydrogen (secondary N) is 2. The minimum atomic E-state index is -1.43. The van der Waals surface area contributed by atoms with Crippen LogP contribution in [-0.2, 0) is 32.9 Å². The molecular formula is C27H32N4O5. The number of aryl methyl sites for hydroxylation is 2. The molecule has 2 aromatic rings. The molecule has 1 aliphatic carbocycles. The molecule has 1 heterocycles. The number of nitrogens with zero attached hydrogens (tertiary/aromatic N) is 2. The minimum Gasteiger partial charge on any atom is -0.427 e. The zero-order chi connectivity index (χ0) is 26.0. The molecule has 2 N–H and O–H groups in total. The number of anilines is 1. The number of carbonyl (C=O) groups excluding carboxylic acids is 4. The number of amides is 5. The van der Waals surface area contributed by atoms with Crippen molar-refractivity contribution in [2.75, 3.05) is 25.5 Å². The Balaban J connectivity index is 1.53. The Morgan fingerprint density at radius 3 is 2.61 bits per heavy atom. The van der Waals surface area contributed by atoms with Crippen LogP contribution in [0.4, 0.5) is 15.3 Å². The number of fused-ring (bicyclic) bond motifs is 2. The van der Waals surface area contributed by atoms with E-state index in [-0.39, 0.29) is 24.4 Å². The summed E-state index contributed by atoms with van der Waals surface area (Å²) in [6.45, 7) is 6.56. The van der Waals surface area contributed by atoms with Crippen molar-refractivity contribution in [2.24, 2.45) is 5.92 Å². The number of benzene rings is 2. The Morgan fingerprint density at radius 1 is 1.17 bits per heavy atom. The molecule has 1 aliphatic heterocycles. The number of urea groups is 1. The quantitative estimate of drug-likeness (QED) is 0.615. The molecule has 0 saturated carbocycles. The summed E-state index contributed by atoms with van der Waals surface area (Å²) in [6.07, 6.45) is -0.0132. The summed E-state index contributed by atoms with van der Waals surface area (Å²) in [4.78, 5) is 54.0. The van der Waals surface area contributed by atoms with E-state index in [4.69, 9.17) is 4.74 Å². The van der Waals surface area contributed by atoms with E-state index in [1.807, 2.05) is 45.0 Å². The third-order valence-electron chi connectivity index (χ3n) is 6.70. The summed E-state index contributed by atoms with van der Waals surface area (Å²) < 4.78 is 5.67. The van der Waals surface area contributed by atoms with E-state index in [1.54, 1.807) is 23.1 Å². The first-order valence-electron chi connectivity index (χ1n) is 12.1. The smallest absolute Gasteiger partial charge is 0.418 e. The number of hydrogen-bond donors (Lipinski definition) is 2. The molecule has 0 radical (unpaired) electrons. The van der Waals surface area contributed by atoms with Gasteiger partial charge in [0.2, 0.25) is 11.5 Å². The topological polar surface area (TPSA) is 108 Å². The number of imide groups is 1. The lowest BCUT2D eigenvalue weighted by atomic mass is 9.94. The fourth-order valence-corrected chi connectivity index (χ4v) is 4.85. The highest BCUT2D eigenvalue weighted by Crippen LogP contribution is 2.46. The average Bonchev–Trinajstić information content (AvgIpc) is 3.31. The fraction of sp³-hybridized carbons (Fsp3) is 0.407. The molecule has 2 aliphatic rings. The van der Waals surface area contributed by atoms with Crippen molar-refractivity contribution in [1.29, 1.82) is 0 Å². The molecule has 36 heavy (non-hydrogen) atoms. The molecule has 1 saturated heterocycles. The summed E-state index contributed by atoms with van der Waals surface area (Å²) in [5.74, 6) is -0.616. The standard InChI is InChI=1S/C27H32N4O5/c1-17(2)14-30(15-20-8-6-5-7-18(20)3)23(32)16-31-24(33)27(36-26(31)35)12-11-19-13-21(9-10-22(19)27)29-25(34)28-4/h5-10,13,17H,11-12,14-16H2,1-4H3,(H2,28,29,34). The molecule has 9 nitrogen and oxygen atoms in total. The van der Waals surface area contributed by atoms with Gasteiger partial charge in [0.25, 0.3) is 5.91 Å². The second kappa shape index (κ2) is 10.0. The van der Waals surface area contributed by atoms with Crippen LogP contribution in [0.15, 0.2) is 42.5 Å². The Kier molecular flexibility index (Phi) is 7.01. The third kappa shape index (κ3) is 4.78. The van der Waals surface area contributed by atoms with E-state index in [2.05, 4.69) is 10.6 Å². The van der Waals surface area contributed by atoms with Gasteiger partial charge in [0, 0.05) is 37.8 Å². The van der Waals surface area contributed by atoms with Crippen LogP contribution in [0, 0.1) is 12.8 Å². The number of hydrogen-bond acceptors (Lipinski definition) is 5. The molecule has 2 aromatic carbocycles. The van der Waals surface area contributed by atoms with Gasteiger partial charge in [-0.15, -0.1) is 0 Å². The number of ether oxygens (including phenoxy) is 1. The molecule has 1 unspecified atom stereocenters. The summed E-state index contributed by atoms with van der Waals surface area (Å²) >= 11 is 0. The van der Waals surface area contributed by atoms with Gasteiger partial charge in [-0.1, -0.05) is 44.2 Å². The van der Waals surface area contributed by atoms with Crippen molar-refractivity contribution >= 4 is 29.6 Å². The van der Waals surface area contributed by atoms with Gasteiger partial charge in [-0.3, -0.25) is 9.59 Å². The van der Waals surface area contributed by atoms with Crippen molar-refractivity contribution in [3.63, 3.8) is 0 Å². The van der Waals surface area contributed by atoms with Gasteiger partial charge in [-0.2, -0.15) is 0 Å². The highest BCUT2D eigenvalue weighted by atomic mass is 16.6. The Hall–Kier alpha value is -3.88. The van der Waals surface area contributed by atoms with E-state index < -0.39 is 17.6 Å². The first-order chi connectivity index (χ1) is 17.1. The monoisotopic (exact) mass is 492 g/mol. The maximum Gasteiger partial charge on any atom is 0.418 e. The summed E-state index contributed by atoms with van der Waals surface area (Å²) in [5, 5.41) is 5.19. The number of carbonyl (C=O) groups is 4. The van der Waals surface area contributed by atoms with Crippen LogP contribution < -0.4 is 10.6 Å². The maximum absolute atomic E-state index is 13.5. The lowest BCUT2D eigenvalue weighted by molar-refractivity contribution is -0.142. The first kappa shape index (κ1) is 25.2. The first-order valence-corrected chi connectivity index (χ1v) is 12.1. The van der Waals surface area contributed by atoms with E-state index in [1.165, 1.54) is 7.05 Å². The predicted octanol–water partition coefficient (Wildman–Crippen LogP) is 3.55. The van der Waals surface area contributed by atoms with Crippen LogP contribution in [0.5, 0.6) is 0 Å². The molecule has 190 valence electrons. The van der Waals surface area contributed by atoms with Crippen LogP contribution in [0.2, 0.25) is 0 Å². The lowest BCUT2D eigenvalue weighted by Crippen LogP contribution is -2.45. The molecule has 1 atom stereocenters. The van der Waals surface area contributed by atoms with Crippen molar-refractivity contribution in [1.82, 2.24) is 15.1 Å². The second-order valence-corrected chi connectivity index (χ2v) is 9.76.